The monoisotopic (exact) mass is 240 g/mol. The highest BCUT2D eigenvalue weighted by Gasteiger charge is 2.11. The minimum Gasteiger partial charge on any atom is -0.384 e. The molecule has 0 aliphatic rings. The third-order valence-corrected chi connectivity index (χ3v) is 3.22. The van der Waals surface area contributed by atoms with E-state index in [2.05, 4.69) is 26.1 Å². The minimum atomic E-state index is 0.509. The molecule has 0 aromatic heterocycles. The molecule has 0 saturated heterocycles. The highest BCUT2D eigenvalue weighted by molar-refractivity contribution is 6.30. The van der Waals surface area contributed by atoms with Gasteiger partial charge in [-0.2, -0.15) is 0 Å². The lowest BCUT2D eigenvalue weighted by atomic mass is 9.96. The second kappa shape index (κ2) is 6.12. The zero-order chi connectivity index (χ0) is 12.1. The van der Waals surface area contributed by atoms with E-state index in [1.165, 1.54) is 5.56 Å². The Morgan fingerprint density at radius 1 is 1.38 bits per heavy atom. The maximum Gasteiger partial charge on any atom is 0.0410 e. The number of aryl methyl sites for hydroxylation is 1. The average Bonchev–Trinajstić information content (AvgIpc) is 2.21. The van der Waals surface area contributed by atoms with Crippen LogP contribution in [0.2, 0.25) is 5.02 Å². The fourth-order valence-electron chi connectivity index (χ4n) is 1.66. The molecule has 0 bridgehead atoms. The van der Waals surface area contributed by atoms with Gasteiger partial charge in [-0.05, 0) is 49.1 Å². The summed E-state index contributed by atoms with van der Waals surface area (Å²) in [5.74, 6) is 1.11. The number of hydrogen-bond donors (Lipinski definition) is 2. The molecule has 0 aliphatic heterocycles. The number of anilines is 1. The van der Waals surface area contributed by atoms with E-state index in [-0.39, 0.29) is 0 Å². The van der Waals surface area contributed by atoms with E-state index >= 15 is 0 Å². The Labute approximate surface area is 103 Å². The molecule has 0 saturated carbocycles. The Morgan fingerprint density at radius 3 is 2.56 bits per heavy atom. The second-order valence-corrected chi connectivity index (χ2v) is 5.02. The maximum absolute atomic E-state index is 5.91. The normalized spacial score (nSPS) is 12.9. The predicted molar refractivity (Wildman–Crippen MR) is 72.1 cm³/mol. The SMILES string of the molecule is Cc1cc(Cl)ccc1NCC(CN)C(C)C. The van der Waals surface area contributed by atoms with E-state index in [0.717, 1.165) is 23.8 Å². The van der Waals surface area contributed by atoms with Gasteiger partial charge in [-0.15, -0.1) is 0 Å². The summed E-state index contributed by atoms with van der Waals surface area (Å²) in [4.78, 5) is 0. The van der Waals surface area contributed by atoms with E-state index in [0.29, 0.717) is 11.8 Å². The Morgan fingerprint density at radius 2 is 2.06 bits per heavy atom. The smallest absolute Gasteiger partial charge is 0.0410 e. The van der Waals surface area contributed by atoms with Gasteiger partial charge in [-0.1, -0.05) is 25.4 Å². The van der Waals surface area contributed by atoms with Crippen LogP contribution in [0.3, 0.4) is 0 Å². The van der Waals surface area contributed by atoms with E-state index in [1.54, 1.807) is 0 Å². The van der Waals surface area contributed by atoms with Crippen LogP contribution in [0, 0.1) is 18.8 Å². The molecule has 0 amide bonds. The highest BCUT2D eigenvalue weighted by Crippen LogP contribution is 2.20. The summed E-state index contributed by atoms with van der Waals surface area (Å²) in [6, 6.07) is 5.89. The molecule has 2 nitrogen and oxygen atoms in total. The third-order valence-electron chi connectivity index (χ3n) is 2.99. The topological polar surface area (TPSA) is 38.0 Å². The van der Waals surface area contributed by atoms with Crippen molar-refractivity contribution in [3.05, 3.63) is 28.8 Å². The van der Waals surface area contributed by atoms with Crippen molar-refractivity contribution < 1.29 is 0 Å². The Balaban J connectivity index is 2.60. The van der Waals surface area contributed by atoms with Crippen LogP contribution in [0.1, 0.15) is 19.4 Å². The van der Waals surface area contributed by atoms with Crippen LogP contribution in [-0.2, 0) is 0 Å². The van der Waals surface area contributed by atoms with Gasteiger partial charge in [0.05, 0.1) is 0 Å². The van der Waals surface area contributed by atoms with Gasteiger partial charge in [0.15, 0.2) is 0 Å². The molecule has 90 valence electrons. The van der Waals surface area contributed by atoms with E-state index in [4.69, 9.17) is 17.3 Å². The van der Waals surface area contributed by atoms with E-state index < -0.39 is 0 Å². The van der Waals surface area contributed by atoms with Crippen molar-refractivity contribution in [1.82, 2.24) is 0 Å². The lowest BCUT2D eigenvalue weighted by Crippen LogP contribution is -2.27. The molecule has 0 aliphatic carbocycles. The fraction of sp³-hybridized carbons (Fsp3) is 0.538. The third kappa shape index (κ3) is 3.69. The van der Waals surface area contributed by atoms with Gasteiger partial charge in [0.1, 0.15) is 0 Å². The number of nitrogens with one attached hydrogen (secondary N) is 1. The van der Waals surface area contributed by atoms with Gasteiger partial charge in [0.25, 0.3) is 0 Å². The molecule has 0 heterocycles. The van der Waals surface area contributed by atoms with Crippen molar-refractivity contribution in [3.63, 3.8) is 0 Å². The van der Waals surface area contributed by atoms with Crippen LogP contribution >= 0.6 is 11.6 Å². The molecular weight excluding hydrogens is 220 g/mol. The quantitative estimate of drug-likeness (QED) is 0.829. The fourth-order valence-corrected chi connectivity index (χ4v) is 1.88. The number of hydrogen-bond acceptors (Lipinski definition) is 2. The molecule has 1 aromatic rings. The van der Waals surface area contributed by atoms with Crippen LogP contribution in [-0.4, -0.2) is 13.1 Å². The van der Waals surface area contributed by atoms with Crippen molar-refractivity contribution in [2.45, 2.75) is 20.8 Å². The van der Waals surface area contributed by atoms with Crippen LogP contribution in [0.25, 0.3) is 0 Å². The molecule has 3 heteroatoms. The summed E-state index contributed by atoms with van der Waals surface area (Å²) < 4.78 is 0. The van der Waals surface area contributed by atoms with Crippen LogP contribution in [0.4, 0.5) is 5.69 Å². The van der Waals surface area contributed by atoms with E-state index in [1.807, 2.05) is 18.2 Å². The number of halogens is 1. The molecule has 3 N–H and O–H groups in total. The molecule has 0 spiro atoms. The zero-order valence-corrected chi connectivity index (χ0v) is 11.0. The average molecular weight is 241 g/mol. The Hall–Kier alpha value is -0.730. The van der Waals surface area contributed by atoms with Gasteiger partial charge in [0.2, 0.25) is 0 Å². The number of benzene rings is 1. The molecule has 0 fully saturated rings. The van der Waals surface area contributed by atoms with Crippen LogP contribution in [0.5, 0.6) is 0 Å². The number of rotatable bonds is 5. The van der Waals surface area contributed by atoms with Crippen molar-refractivity contribution in [3.8, 4) is 0 Å². The molecule has 1 rings (SSSR count). The van der Waals surface area contributed by atoms with Gasteiger partial charge in [0, 0.05) is 17.3 Å². The summed E-state index contributed by atoms with van der Waals surface area (Å²) in [6.45, 7) is 8.09. The summed E-state index contributed by atoms with van der Waals surface area (Å²) in [5.41, 5.74) is 8.05. The van der Waals surface area contributed by atoms with Gasteiger partial charge < -0.3 is 11.1 Å². The summed E-state index contributed by atoms with van der Waals surface area (Å²) in [5, 5.41) is 4.21. The van der Waals surface area contributed by atoms with Crippen LogP contribution in [0.15, 0.2) is 18.2 Å². The van der Waals surface area contributed by atoms with Crippen molar-refractivity contribution in [2.24, 2.45) is 17.6 Å². The summed E-state index contributed by atoms with van der Waals surface area (Å²) in [7, 11) is 0. The Bertz CT molecular complexity index is 337. The first kappa shape index (κ1) is 13.3. The van der Waals surface area contributed by atoms with Gasteiger partial charge in [-0.3, -0.25) is 0 Å². The predicted octanol–water partition coefficient (Wildman–Crippen LogP) is 3.29. The van der Waals surface area contributed by atoms with Crippen molar-refractivity contribution in [2.75, 3.05) is 18.4 Å². The molecular formula is C13H21ClN2. The first-order valence-electron chi connectivity index (χ1n) is 5.74. The lowest BCUT2D eigenvalue weighted by molar-refractivity contribution is 0.413. The molecule has 1 atom stereocenters. The summed E-state index contributed by atoms with van der Waals surface area (Å²) >= 11 is 5.91. The first-order chi connectivity index (χ1) is 7.54. The molecule has 0 radical (unpaired) electrons. The molecule has 1 aromatic carbocycles. The van der Waals surface area contributed by atoms with E-state index in [9.17, 15) is 0 Å². The first-order valence-corrected chi connectivity index (χ1v) is 6.12. The molecule has 1 unspecified atom stereocenters. The minimum absolute atomic E-state index is 0.509. The Kier molecular flexibility index (Phi) is 5.10. The number of nitrogens with two attached hydrogens (primary N) is 1. The van der Waals surface area contributed by atoms with Gasteiger partial charge in [-0.25, -0.2) is 0 Å². The van der Waals surface area contributed by atoms with Crippen molar-refractivity contribution >= 4 is 17.3 Å². The lowest BCUT2D eigenvalue weighted by Gasteiger charge is -2.20. The summed E-state index contributed by atoms with van der Waals surface area (Å²) in [6.07, 6.45) is 0. The highest BCUT2D eigenvalue weighted by atomic mass is 35.5. The van der Waals surface area contributed by atoms with Crippen molar-refractivity contribution in [1.29, 1.82) is 0 Å². The van der Waals surface area contributed by atoms with Gasteiger partial charge >= 0.3 is 0 Å². The largest absolute Gasteiger partial charge is 0.384 e. The second-order valence-electron chi connectivity index (χ2n) is 4.58. The van der Waals surface area contributed by atoms with Crippen LogP contribution < -0.4 is 11.1 Å². The standard InChI is InChI=1S/C13H21ClN2/c1-9(2)11(7-15)8-16-13-5-4-12(14)6-10(13)3/h4-6,9,11,16H,7-8,15H2,1-3H3. The molecule has 16 heavy (non-hydrogen) atoms. The zero-order valence-electron chi connectivity index (χ0n) is 10.3. The maximum atomic E-state index is 5.91.